The Morgan fingerprint density at radius 1 is 1.54 bits per heavy atom. The molecule has 0 radical (unpaired) electrons. The van der Waals surface area contributed by atoms with E-state index in [4.69, 9.17) is 0 Å². The van der Waals surface area contributed by atoms with Gasteiger partial charge in [0.15, 0.2) is 5.78 Å². The van der Waals surface area contributed by atoms with E-state index in [2.05, 4.69) is 43.0 Å². The number of carbonyl (C=O) groups excluding carboxylic acids is 1. The summed E-state index contributed by atoms with van der Waals surface area (Å²) in [5.41, 5.74) is 1.13. The highest BCUT2D eigenvalue weighted by Gasteiger charge is 2.30. The van der Waals surface area contributed by atoms with E-state index < -0.39 is 0 Å². The van der Waals surface area contributed by atoms with Crippen LogP contribution in [0.2, 0.25) is 0 Å². The lowest BCUT2D eigenvalue weighted by atomic mass is 9.77. The molecule has 0 spiro atoms. The summed E-state index contributed by atoms with van der Waals surface area (Å²) >= 11 is 2.29. The Morgan fingerprint density at radius 3 is 2.62 bits per heavy atom. The van der Waals surface area contributed by atoms with Gasteiger partial charge in [-0.3, -0.25) is 4.79 Å². The van der Waals surface area contributed by atoms with Crippen molar-refractivity contribution in [2.45, 2.75) is 33.1 Å². The van der Waals surface area contributed by atoms with E-state index in [1.165, 1.54) is 3.58 Å². The number of allylic oxidation sites excluding steroid dienone is 3. The Kier molecular flexibility index (Phi) is 3.33. The van der Waals surface area contributed by atoms with Crippen molar-refractivity contribution in [1.82, 2.24) is 0 Å². The van der Waals surface area contributed by atoms with Crippen LogP contribution in [-0.2, 0) is 4.79 Å². The fourth-order valence-corrected chi connectivity index (χ4v) is 3.20. The number of carbonyl (C=O) groups is 1. The zero-order valence-corrected chi connectivity index (χ0v) is 10.3. The molecule has 0 bridgehead atoms. The Labute approximate surface area is 93.4 Å². The summed E-state index contributed by atoms with van der Waals surface area (Å²) < 4.78 is 1.22. The lowest BCUT2D eigenvalue weighted by Gasteiger charge is -2.29. The molecule has 0 aromatic carbocycles. The third-order valence-electron chi connectivity index (χ3n) is 2.29. The van der Waals surface area contributed by atoms with Gasteiger partial charge in [-0.15, -0.1) is 6.58 Å². The minimum absolute atomic E-state index is 0.151. The van der Waals surface area contributed by atoms with E-state index in [0.29, 0.717) is 12.2 Å². The predicted octanol–water partition coefficient (Wildman–Crippen LogP) is 3.64. The van der Waals surface area contributed by atoms with Gasteiger partial charge in [0.2, 0.25) is 0 Å². The summed E-state index contributed by atoms with van der Waals surface area (Å²) in [5.74, 6) is 0.306. The molecule has 0 atom stereocenters. The van der Waals surface area contributed by atoms with Gasteiger partial charge in [-0.1, -0.05) is 19.9 Å². The number of rotatable bonds is 2. The Balaban J connectivity index is 2.94. The van der Waals surface area contributed by atoms with Crippen LogP contribution in [0.5, 0.6) is 0 Å². The first-order valence-electron chi connectivity index (χ1n) is 4.48. The summed E-state index contributed by atoms with van der Waals surface area (Å²) in [4.78, 5) is 11.7. The second kappa shape index (κ2) is 3.95. The van der Waals surface area contributed by atoms with Crippen LogP contribution in [0.25, 0.3) is 0 Å². The third kappa shape index (κ3) is 2.66. The number of hydrogen-bond donors (Lipinski definition) is 0. The monoisotopic (exact) mass is 290 g/mol. The van der Waals surface area contributed by atoms with E-state index in [1.54, 1.807) is 0 Å². The van der Waals surface area contributed by atoms with E-state index in [1.807, 2.05) is 6.08 Å². The van der Waals surface area contributed by atoms with Gasteiger partial charge in [0.1, 0.15) is 0 Å². The Morgan fingerprint density at radius 2 is 2.15 bits per heavy atom. The summed E-state index contributed by atoms with van der Waals surface area (Å²) in [7, 11) is 0. The van der Waals surface area contributed by atoms with Crippen LogP contribution in [-0.4, -0.2) is 5.78 Å². The molecule has 1 nitrogen and oxygen atoms in total. The van der Waals surface area contributed by atoms with Crippen molar-refractivity contribution in [1.29, 1.82) is 0 Å². The maximum absolute atomic E-state index is 11.7. The Bertz CT molecular complexity index is 274. The van der Waals surface area contributed by atoms with Crippen LogP contribution in [0.4, 0.5) is 0 Å². The molecular weight excluding hydrogens is 275 g/mol. The number of Topliss-reactive ketones (excluding diaryl/α,β-unsaturated/α-hetero) is 1. The lowest BCUT2D eigenvalue weighted by molar-refractivity contribution is -0.118. The van der Waals surface area contributed by atoms with Crippen molar-refractivity contribution < 1.29 is 4.79 Å². The summed E-state index contributed by atoms with van der Waals surface area (Å²) in [6.45, 7) is 7.96. The first kappa shape index (κ1) is 11.0. The van der Waals surface area contributed by atoms with Crippen molar-refractivity contribution in [2.24, 2.45) is 5.41 Å². The average molecular weight is 290 g/mol. The molecule has 1 aliphatic rings. The summed E-state index contributed by atoms with van der Waals surface area (Å²) in [6, 6.07) is 0. The molecule has 0 heterocycles. The highest BCUT2D eigenvalue weighted by Crippen LogP contribution is 2.40. The molecule has 0 amide bonds. The van der Waals surface area contributed by atoms with Crippen LogP contribution >= 0.6 is 22.6 Å². The second-order valence-corrected chi connectivity index (χ2v) is 5.62. The number of ketones is 1. The van der Waals surface area contributed by atoms with Gasteiger partial charge in [0.25, 0.3) is 0 Å². The zero-order valence-electron chi connectivity index (χ0n) is 8.19. The molecule has 0 N–H and O–H groups in total. The molecule has 72 valence electrons. The smallest absolute Gasteiger partial charge is 0.160 e. The van der Waals surface area contributed by atoms with E-state index in [0.717, 1.165) is 18.4 Å². The summed E-state index contributed by atoms with van der Waals surface area (Å²) in [5, 5.41) is 0. The maximum Gasteiger partial charge on any atom is 0.160 e. The largest absolute Gasteiger partial charge is 0.294 e. The van der Waals surface area contributed by atoms with Gasteiger partial charge in [-0.2, -0.15) is 0 Å². The van der Waals surface area contributed by atoms with Crippen LogP contribution in [0.3, 0.4) is 0 Å². The third-order valence-corrected chi connectivity index (χ3v) is 3.32. The van der Waals surface area contributed by atoms with Crippen LogP contribution in [0.1, 0.15) is 33.1 Å². The quantitative estimate of drug-likeness (QED) is 0.560. The molecule has 1 rings (SSSR count). The average Bonchev–Trinajstić information content (AvgIpc) is 1.94. The molecule has 1 aliphatic carbocycles. The van der Waals surface area contributed by atoms with Gasteiger partial charge < -0.3 is 0 Å². The Hall–Kier alpha value is -0.120. The van der Waals surface area contributed by atoms with Gasteiger partial charge in [0, 0.05) is 12.0 Å². The van der Waals surface area contributed by atoms with Crippen LogP contribution in [0, 0.1) is 5.41 Å². The zero-order chi connectivity index (χ0) is 10.1. The van der Waals surface area contributed by atoms with Crippen molar-refractivity contribution in [3.05, 3.63) is 21.8 Å². The number of hydrogen-bond acceptors (Lipinski definition) is 1. The van der Waals surface area contributed by atoms with Crippen LogP contribution < -0.4 is 0 Å². The van der Waals surface area contributed by atoms with E-state index in [-0.39, 0.29) is 5.41 Å². The van der Waals surface area contributed by atoms with E-state index in [9.17, 15) is 4.79 Å². The first-order valence-corrected chi connectivity index (χ1v) is 5.56. The highest BCUT2D eigenvalue weighted by molar-refractivity contribution is 14.1. The van der Waals surface area contributed by atoms with Gasteiger partial charge in [-0.05, 0) is 44.4 Å². The van der Waals surface area contributed by atoms with Crippen molar-refractivity contribution in [3.8, 4) is 0 Å². The van der Waals surface area contributed by atoms with Gasteiger partial charge >= 0.3 is 0 Å². The molecule has 0 unspecified atom stereocenters. The maximum atomic E-state index is 11.7. The molecule has 0 saturated carbocycles. The fourth-order valence-electron chi connectivity index (χ4n) is 1.65. The molecular formula is C11H15IO. The molecule has 0 saturated heterocycles. The summed E-state index contributed by atoms with van der Waals surface area (Å²) in [6.07, 6.45) is 4.25. The minimum Gasteiger partial charge on any atom is -0.294 e. The van der Waals surface area contributed by atoms with Crippen molar-refractivity contribution in [2.75, 3.05) is 0 Å². The minimum atomic E-state index is 0.151. The molecule has 2 heteroatoms. The second-order valence-electron chi connectivity index (χ2n) is 4.32. The molecule has 0 aromatic rings. The SMILES string of the molecule is C=CCC1=C(I)CC(C)(C)CC1=O. The van der Waals surface area contributed by atoms with Gasteiger partial charge in [-0.25, -0.2) is 0 Å². The fraction of sp³-hybridized carbons (Fsp3) is 0.545. The molecule has 0 fully saturated rings. The van der Waals surface area contributed by atoms with E-state index >= 15 is 0 Å². The topological polar surface area (TPSA) is 17.1 Å². The first-order chi connectivity index (χ1) is 5.96. The van der Waals surface area contributed by atoms with Crippen LogP contribution in [0.15, 0.2) is 21.8 Å². The highest BCUT2D eigenvalue weighted by atomic mass is 127. The van der Waals surface area contributed by atoms with Crippen molar-refractivity contribution >= 4 is 28.4 Å². The van der Waals surface area contributed by atoms with Crippen molar-refractivity contribution in [3.63, 3.8) is 0 Å². The molecule has 0 aliphatic heterocycles. The molecule has 0 aromatic heterocycles. The standard InChI is InChI=1S/C11H15IO/c1-4-5-8-9(12)6-11(2,3)7-10(8)13/h4H,1,5-7H2,2-3H3. The number of halogens is 1. The lowest BCUT2D eigenvalue weighted by Crippen LogP contribution is -2.24. The normalized spacial score (nSPS) is 21.9. The molecule has 13 heavy (non-hydrogen) atoms. The van der Waals surface area contributed by atoms with Gasteiger partial charge in [0.05, 0.1) is 0 Å². The predicted molar refractivity (Wildman–Crippen MR) is 63.9 cm³/mol.